The molecule has 1 aliphatic rings. The van der Waals surface area contributed by atoms with Gasteiger partial charge >= 0.3 is 0 Å². The van der Waals surface area contributed by atoms with Crippen molar-refractivity contribution >= 4 is 15.9 Å². The molecule has 2 N–H and O–H groups in total. The highest BCUT2D eigenvalue weighted by Crippen LogP contribution is 2.38. The monoisotopic (exact) mass is 342 g/mol. The average molecular weight is 343 g/mol. The Kier molecular flexibility index (Phi) is 4.88. The van der Waals surface area contributed by atoms with Crippen LogP contribution >= 0.6 is 15.9 Å². The van der Waals surface area contributed by atoms with Crippen LogP contribution < -0.4 is 5.73 Å². The summed E-state index contributed by atoms with van der Waals surface area (Å²) < 4.78 is 14.0. The summed E-state index contributed by atoms with van der Waals surface area (Å²) in [6.45, 7) is 9.58. The largest absolute Gasteiger partial charge is 0.329 e. The summed E-state index contributed by atoms with van der Waals surface area (Å²) in [6.07, 6.45) is 1.21. The van der Waals surface area contributed by atoms with Crippen molar-refractivity contribution in [2.75, 3.05) is 19.6 Å². The molecule has 1 aromatic carbocycles. The smallest absolute Gasteiger partial charge is 0.124 e. The van der Waals surface area contributed by atoms with Crippen LogP contribution in [0.5, 0.6) is 0 Å². The zero-order valence-electron chi connectivity index (χ0n) is 12.5. The van der Waals surface area contributed by atoms with Crippen LogP contribution in [0.25, 0.3) is 0 Å². The molecule has 0 aromatic heterocycles. The first-order valence-electron chi connectivity index (χ1n) is 7.22. The molecule has 112 valence electrons. The van der Waals surface area contributed by atoms with E-state index in [1.165, 1.54) is 18.6 Å². The van der Waals surface area contributed by atoms with E-state index in [2.05, 4.69) is 41.6 Å². The van der Waals surface area contributed by atoms with Gasteiger partial charge in [-0.15, -0.1) is 0 Å². The predicted molar refractivity (Wildman–Crippen MR) is 85.0 cm³/mol. The van der Waals surface area contributed by atoms with Crippen LogP contribution in [-0.2, 0) is 0 Å². The van der Waals surface area contributed by atoms with Gasteiger partial charge in [0.1, 0.15) is 5.82 Å². The van der Waals surface area contributed by atoms with Crippen molar-refractivity contribution in [2.24, 2.45) is 17.1 Å². The molecule has 0 bridgehead atoms. The van der Waals surface area contributed by atoms with Gasteiger partial charge in [-0.05, 0) is 42.0 Å². The van der Waals surface area contributed by atoms with Crippen molar-refractivity contribution in [2.45, 2.75) is 33.2 Å². The number of hydrogen-bond donors (Lipinski definition) is 1. The van der Waals surface area contributed by atoms with Crippen LogP contribution in [0.2, 0.25) is 0 Å². The maximum atomic E-state index is 13.2. The Morgan fingerprint density at radius 3 is 2.65 bits per heavy atom. The molecule has 2 unspecified atom stereocenters. The second-order valence-electron chi connectivity index (χ2n) is 6.76. The minimum absolute atomic E-state index is 0.164. The number of benzene rings is 1. The lowest BCUT2D eigenvalue weighted by molar-refractivity contribution is 0.197. The first kappa shape index (κ1) is 15.9. The Bertz CT molecular complexity index is 470. The van der Waals surface area contributed by atoms with Crippen molar-refractivity contribution in [1.29, 1.82) is 0 Å². The van der Waals surface area contributed by atoms with E-state index in [4.69, 9.17) is 5.73 Å². The van der Waals surface area contributed by atoms with E-state index in [0.29, 0.717) is 17.9 Å². The Labute approximate surface area is 129 Å². The molecule has 2 atom stereocenters. The quantitative estimate of drug-likeness (QED) is 0.900. The van der Waals surface area contributed by atoms with Gasteiger partial charge in [-0.3, -0.25) is 4.90 Å². The van der Waals surface area contributed by atoms with Crippen LogP contribution in [-0.4, -0.2) is 24.5 Å². The average Bonchev–Trinajstić information content (AvgIpc) is 2.82. The Morgan fingerprint density at radius 2 is 2.15 bits per heavy atom. The molecule has 0 amide bonds. The molecule has 1 heterocycles. The second kappa shape index (κ2) is 6.12. The number of halogens is 2. The summed E-state index contributed by atoms with van der Waals surface area (Å²) in [6, 6.07) is 5.05. The molecular weight excluding hydrogens is 319 g/mol. The fourth-order valence-corrected chi connectivity index (χ4v) is 3.64. The summed E-state index contributed by atoms with van der Waals surface area (Å²) in [5, 5.41) is 0. The molecule has 2 nitrogen and oxygen atoms in total. The minimum Gasteiger partial charge on any atom is -0.329 e. The van der Waals surface area contributed by atoms with Crippen LogP contribution in [0.15, 0.2) is 22.7 Å². The van der Waals surface area contributed by atoms with Gasteiger partial charge < -0.3 is 5.73 Å². The SMILES string of the molecule is CC(C)(C)C1CCN(C(CN)c2ccc(F)cc2Br)C1. The molecule has 1 aromatic rings. The highest BCUT2D eigenvalue weighted by molar-refractivity contribution is 9.10. The summed E-state index contributed by atoms with van der Waals surface area (Å²) in [7, 11) is 0. The van der Waals surface area contributed by atoms with Crippen LogP contribution in [0.4, 0.5) is 4.39 Å². The maximum Gasteiger partial charge on any atom is 0.124 e. The van der Waals surface area contributed by atoms with Crippen LogP contribution in [0, 0.1) is 17.2 Å². The maximum absolute atomic E-state index is 13.2. The number of hydrogen-bond acceptors (Lipinski definition) is 2. The van der Waals surface area contributed by atoms with Crippen molar-refractivity contribution in [3.05, 3.63) is 34.1 Å². The Morgan fingerprint density at radius 1 is 1.45 bits per heavy atom. The Balaban J connectivity index is 2.17. The van der Waals surface area contributed by atoms with E-state index in [1.54, 1.807) is 0 Å². The molecule has 0 spiro atoms. The third-order valence-corrected chi connectivity index (χ3v) is 5.12. The van der Waals surface area contributed by atoms with Crippen molar-refractivity contribution < 1.29 is 4.39 Å². The molecule has 4 heteroatoms. The lowest BCUT2D eigenvalue weighted by Gasteiger charge is -2.31. The summed E-state index contributed by atoms with van der Waals surface area (Å²) >= 11 is 3.47. The van der Waals surface area contributed by atoms with Crippen molar-refractivity contribution in [3.63, 3.8) is 0 Å². The van der Waals surface area contributed by atoms with Crippen molar-refractivity contribution in [3.8, 4) is 0 Å². The van der Waals surface area contributed by atoms with Gasteiger partial charge in [0.2, 0.25) is 0 Å². The zero-order valence-corrected chi connectivity index (χ0v) is 14.1. The lowest BCUT2D eigenvalue weighted by atomic mass is 9.80. The van der Waals surface area contributed by atoms with E-state index in [-0.39, 0.29) is 11.9 Å². The lowest BCUT2D eigenvalue weighted by Crippen LogP contribution is -2.33. The minimum atomic E-state index is -0.217. The highest BCUT2D eigenvalue weighted by Gasteiger charge is 2.35. The summed E-state index contributed by atoms with van der Waals surface area (Å²) in [5.74, 6) is 0.473. The number of likely N-dealkylation sites (tertiary alicyclic amines) is 1. The second-order valence-corrected chi connectivity index (χ2v) is 7.62. The fourth-order valence-electron chi connectivity index (χ4n) is 3.02. The molecule has 1 fully saturated rings. The molecule has 0 aliphatic carbocycles. The first-order chi connectivity index (χ1) is 9.32. The number of nitrogens with two attached hydrogens (primary N) is 1. The number of nitrogens with zero attached hydrogens (tertiary/aromatic N) is 1. The van der Waals surface area contributed by atoms with Gasteiger partial charge in [-0.1, -0.05) is 42.8 Å². The van der Waals surface area contributed by atoms with Crippen molar-refractivity contribution in [1.82, 2.24) is 4.90 Å². The summed E-state index contributed by atoms with van der Waals surface area (Å²) in [5.41, 5.74) is 7.40. The standard InChI is InChI=1S/C16H24BrFN2/c1-16(2,3)11-6-7-20(10-11)15(9-19)13-5-4-12(18)8-14(13)17/h4-5,8,11,15H,6-7,9-10,19H2,1-3H3. The molecule has 20 heavy (non-hydrogen) atoms. The fraction of sp³-hybridized carbons (Fsp3) is 0.625. The van der Waals surface area contributed by atoms with E-state index >= 15 is 0 Å². The summed E-state index contributed by atoms with van der Waals surface area (Å²) in [4.78, 5) is 2.44. The molecule has 0 saturated carbocycles. The van der Waals surface area contributed by atoms with Crippen LogP contribution in [0.1, 0.15) is 38.8 Å². The number of rotatable bonds is 3. The van der Waals surface area contributed by atoms with Gasteiger partial charge in [-0.25, -0.2) is 4.39 Å². The van der Waals surface area contributed by atoms with Gasteiger partial charge in [0, 0.05) is 23.6 Å². The van der Waals surface area contributed by atoms with Gasteiger partial charge in [-0.2, -0.15) is 0 Å². The molecular formula is C16H24BrFN2. The topological polar surface area (TPSA) is 29.3 Å². The third-order valence-electron chi connectivity index (χ3n) is 4.43. The predicted octanol–water partition coefficient (Wildman–Crippen LogP) is 3.96. The van der Waals surface area contributed by atoms with E-state index in [9.17, 15) is 4.39 Å². The van der Waals surface area contributed by atoms with Crippen LogP contribution in [0.3, 0.4) is 0 Å². The van der Waals surface area contributed by atoms with Gasteiger partial charge in [0.25, 0.3) is 0 Å². The molecule has 0 radical (unpaired) electrons. The van der Waals surface area contributed by atoms with Gasteiger partial charge in [0.05, 0.1) is 0 Å². The van der Waals surface area contributed by atoms with E-state index in [1.807, 2.05) is 6.07 Å². The highest BCUT2D eigenvalue weighted by atomic mass is 79.9. The normalized spacial score (nSPS) is 22.2. The Hall–Kier alpha value is -0.450. The first-order valence-corrected chi connectivity index (χ1v) is 8.01. The van der Waals surface area contributed by atoms with E-state index in [0.717, 1.165) is 23.1 Å². The molecule has 1 aliphatic heterocycles. The van der Waals surface area contributed by atoms with Gasteiger partial charge in [0.15, 0.2) is 0 Å². The zero-order chi connectivity index (χ0) is 14.9. The molecule has 2 rings (SSSR count). The third kappa shape index (κ3) is 3.41. The molecule has 1 saturated heterocycles. The van der Waals surface area contributed by atoms with E-state index < -0.39 is 0 Å².